The zero-order valence-electron chi connectivity index (χ0n) is 18.4. The quantitative estimate of drug-likeness (QED) is 0.413. The van der Waals surface area contributed by atoms with Crippen LogP contribution in [-0.4, -0.2) is 46.1 Å². The average molecular weight is 423 g/mol. The molecule has 5 heteroatoms. The van der Waals surface area contributed by atoms with Crippen molar-refractivity contribution in [1.82, 2.24) is 14.8 Å². The van der Waals surface area contributed by atoms with Crippen molar-refractivity contribution in [3.8, 4) is 0 Å². The fraction of sp³-hybridized carbons (Fsp3) is 0.400. The smallest absolute Gasteiger partial charge is 0.173 e. The second-order valence-corrected chi connectivity index (χ2v) is 8.03. The Bertz CT molecular complexity index is 928. The number of nitrogens with one attached hydrogen (secondary N) is 2. The number of hydrogen-bond donors (Lipinski definition) is 2. The van der Waals surface area contributed by atoms with Gasteiger partial charge in [0.15, 0.2) is 5.11 Å². The van der Waals surface area contributed by atoms with Crippen LogP contribution in [0.1, 0.15) is 38.3 Å². The molecule has 0 fully saturated rings. The molecule has 0 aliphatic rings. The molecule has 4 nitrogen and oxygen atoms in total. The normalized spacial score (nSPS) is 11.2. The second kappa shape index (κ2) is 11.1. The predicted molar refractivity (Wildman–Crippen MR) is 133 cm³/mol. The van der Waals surface area contributed by atoms with Crippen LogP contribution < -0.4 is 5.32 Å². The lowest BCUT2D eigenvalue weighted by atomic mass is 10.1. The summed E-state index contributed by atoms with van der Waals surface area (Å²) in [5.41, 5.74) is 4.83. The van der Waals surface area contributed by atoms with E-state index in [9.17, 15) is 0 Å². The molecule has 0 radical (unpaired) electrons. The van der Waals surface area contributed by atoms with E-state index in [-0.39, 0.29) is 0 Å². The number of nitrogens with zero attached hydrogens (tertiary/aromatic N) is 2. The fourth-order valence-electron chi connectivity index (χ4n) is 3.77. The fourth-order valence-corrected chi connectivity index (χ4v) is 4.05. The summed E-state index contributed by atoms with van der Waals surface area (Å²) in [7, 11) is 0. The highest BCUT2D eigenvalue weighted by Crippen LogP contribution is 2.20. The van der Waals surface area contributed by atoms with E-state index in [1.165, 1.54) is 22.0 Å². The molecule has 0 aliphatic carbocycles. The molecule has 2 aromatic carbocycles. The molecule has 30 heavy (non-hydrogen) atoms. The molecule has 3 aromatic rings. The zero-order chi connectivity index (χ0) is 21.3. The summed E-state index contributed by atoms with van der Waals surface area (Å²) in [6.45, 7) is 11.6. The SMILES string of the molecule is CCc1ccc(NC(=S)N(CCCN(CC)CC)Cc2c[nH]c3ccccc23)cc1. The number of para-hydroxylation sites is 1. The molecule has 0 saturated carbocycles. The van der Waals surface area contributed by atoms with Crippen molar-refractivity contribution < 1.29 is 0 Å². The molecule has 0 saturated heterocycles. The highest BCUT2D eigenvalue weighted by Gasteiger charge is 2.14. The summed E-state index contributed by atoms with van der Waals surface area (Å²) in [6, 6.07) is 17.0. The van der Waals surface area contributed by atoms with E-state index in [0.717, 1.165) is 56.4 Å². The lowest BCUT2D eigenvalue weighted by Crippen LogP contribution is -2.36. The Balaban J connectivity index is 1.72. The molecule has 1 heterocycles. The maximum absolute atomic E-state index is 5.84. The summed E-state index contributed by atoms with van der Waals surface area (Å²) in [5.74, 6) is 0. The molecule has 0 aliphatic heterocycles. The van der Waals surface area contributed by atoms with Gasteiger partial charge in [-0.3, -0.25) is 0 Å². The molecule has 1 aromatic heterocycles. The van der Waals surface area contributed by atoms with Gasteiger partial charge in [0.05, 0.1) is 0 Å². The number of aromatic nitrogens is 1. The van der Waals surface area contributed by atoms with Crippen molar-refractivity contribution in [2.24, 2.45) is 0 Å². The van der Waals surface area contributed by atoms with Crippen molar-refractivity contribution in [1.29, 1.82) is 0 Å². The molecule has 3 rings (SSSR count). The van der Waals surface area contributed by atoms with Crippen LogP contribution in [0, 0.1) is 0 Å². The Morgan fingerprint density at radius 2 is 1.70 bits per heavy atom. The minimum atomic E-state index is 0.782. The second-order valence-electron chi connectivity index (χ2n) is 7.64. The number of hydrogen-bond acceptors (Lipinski definition) is 2. The van der Waals surface area contributed by atoms with E-state index in [2.05, 4.69) is 95.6 Å². The third-order valence-electron chi connectivity index (χ3n) is 5.73. The molecule has 0 spiro atoms. The first kappa shape index (κ1) is 22.3. The third kappa shape index (κ3) is 5.83. The number of aryl methyl sites for hydroxylation is 1. The van der Waals surface area contributed by atoms with Crippen LogP contribution in [0.2, 0.25) is 0 Å². The molecule has 160 valence electrons. The van der Waals surface area contributed by atoms with Crippen molar-refractivity contribution in [2.75, 3.05) is 31.5 Å². The number of thiocarbonyl (C=S) groups is 1. The first-order valence-electron chi connectivity index (χ1n) is 11.1. The van der Waals surface area contributed by atoms with E-state index >= 15 is 0 Å². The average Bonchev–Trinajstić information content (AvgIpc) is 3.19. The highest BCUT2D eigenvalue weighted by molar-refractivity contribution is 7.80. The van der Waals surface area contributed by atoms with Gasteiger partial charge in [0.1, 0.15) is 0 Å². The van der Waals surface area contributed by atoms with Crippen molar-refractivity contribution in [3.63, 3.8) is 0 Å². The molecule has 0 amide bonds. The van der Waals surface area contributed by atoms with Gasteiger partial charge in [0.2, 0.25) is 0 Å². The van der Waals surface area contributed by atoms with Gasteiger partial charge in [-0.1, -0.05) is 51.1 Å². The van der Waals surface area contributed by atoms with Crippen molar-refractivity contribution in [2.45, 2.75) is 40.2 Å². The lowest BCUT2D eigenvalue weighted by molar-refractivity contribution is 0.281. The van der Waals surface area contributed by atoms with Crippen molar-refractivity contribution >= 4 is 33.9 Å². The van der Waals surface area contributed by atoms with Crippen LogP contribution in [0.5, 0.6) is 0 Å². The van der Waals surface area contributed by atoms with E-state index in [4.69, 9.17) is 12.2 Å². The number of rotatable bonds is 10. The summed E-state index contributed by atoms with van der Waals surface area (Å²) in [5, 5.41) is 5.50. The maximum Gasteiger partial charge on any atom is 0.173 e. The standard InChI is InChI=1S/C25H34N4S/c1-4-20-12-14-22(15-13-20)27-25(30)29(17-9-16-28(5-2)6-3)19-21-18-26-24-11-8-7-10-23(21)24/h7-8,10-15,18,26H,4-6,9,16-17,19H2,1-3H3,(H,27,30). The molecular formula is C25H34N4S. The van der Waals surface area contributed by atoms with Gasteiger partial charge in [-0.05, 0) is 74.0 Å². The Labute approximate surface area is 186 Å². The predicted octanol–water partition coefficient (Wildman–Crippen LogP) is 5.66. The number of anilines is 1. The van der Waals surface area contributed by atoms with Crippen LogP contribution in [0.15, 0.2) is 54.7 Å². The first-order chi connectivity index (χ1) is 14.6. The Kier molecular flexibility index (Phi) is 8.29. The zero-order valence-corrected chi connectivity index (χ0v) is 19.3. The first-order valence-corrected chi connectivity index (χ1v) is 11.5. The molecule has 2 N–H and O–H groups in total. The van der Waals surface area contributed by atoms with E-state index in [0.29, 0.717) is 0 Å². The Morgan fingerprint density at radius 1 is 0.967 bits per heavy atom. The van der Waals surface area contributed by atoms with Crippen LogP contribution in [0.25, 0.3) is 10.9 Å². The van der Waals surface area contributed by atoms with Gasteiger partial charge in [-0.2, -0.15) is 0 Å². The summed E-state index contributed by atoms with van der Waals surface area (Å²) < 4.78 is 0. The minimum absolute atomic E-state index is 0.782. The van der Waals surface area contributed by atoms with Gasteiger partial charge in [0.25, 0.3) is 0 Å². The number of fused-ring (bicyclic) bond motifs is 1. The molecular weight excluding hydrogens is 388 g/mol. The van der Waals surface area contributed by atoms with Crippen LogP contribution in [0.3, 0.4) is 0 Å². The monoisotopic (exact) mass is 422 g/mol. The van der Waals surface area contributed by atoms with E-state index in [1.54, 1.807) is 0 Å². The number of benzene rings is 2. The van der Waals surface area contributed by atoms with Crippen LogP contribution in [0.4, 0.5) is 5.69 Å². The van der Waals surface area contributed by atoms with E-state index in [1.807, 2.05) is 0 Å². The summed E-state index contributed by atoms with van der Waals surface area (Å²) in [4.78, 5) is 8.14. The largest absolute Gasteiger partial charge is 0.361 e. The molecule has 0 atom stereocenters. The van der Waals surface area contributed by atoms with Gasteiger partial charge < -0.3 is 20.1 Å². The number of aromatic amines is 1. The van der Waals surface area contributed by atoms with Crippen LogP contribution in [-0.2, 0) is 13.0 Å². The Morgan fingerprint density at radius 3 is 2.40 bits per heavy atom. The van der Waals surface area contributed by atoms with E-state index < -0.39 is 0 Å². The van der Waals surface area contributed by atoms with Gasteiger partial charge in [0, 0.05) is 35.9 Å². The summed E-state index contributed by atoms with van der Waals surface area (Å²) in [6.07, 6.45) is 4.24. The topological polar surface area (TPSA) is 34.3 Å². The van der Waals surface area contributed by atoms with Gasteiger partial charge in [-0.25, -0.2) is 0 Å². The Hall–Kier alpha value is -2.37. The van der Waals surface area contributed by atoms with Crippen LogP contribution >= 0.6 is 12.2 Å². The highest BCUT2D eigenvalue weighted by atomic mass is 32.1. The minimum Gasteiger partial charge on any atom is -0.361 e. The number of H-pyrrole nitrogens is 1. The van der Waals surface area contributed by atoms with Crippen molar-refractivity contribution in [3.05, 3.63) is 65.9 Å². The molecule has 0 bridgehead atoms. The van der Waals surface area contributed by atoms with Gasteiger partial charge >= 0.3 is 0 Å². The lowest BCUT2D eigenvalue weighted by Gasteiger charge is -2.27. The summed E-state index contributed by atoms with van der Waals surface area (Å²) >= 11 is 5.84. The molecule has 0 unspecified atom stereocenters. The third-order valence-corrected chi connectivity index (χ3v) is 6.09. The van der Waals surface area contributed by atoms with Gasteiger partial charge in [-0.15, -0.1) is 0 Å². The maximum atomic E-state index is 5.84.